The molecule has 0 bridgehead atoms. The van der Waals surface area contributed by atoms with Gasteiger partial charge in [-0.2, -0.15) is 3.69 Å². The molecule has 1 rings (SSSR count). The molecule has 0 aliphatic heterocycles. The molecule has 0 aliphatic rings. The topological polar surface area (TPSA) is 17.1 Å². The number of hydrogen-bond acceptors (Lipinski definition) is 1. The summed E-state index contributed by atoms with van der Waals surface area (Å²) in [6.45, 7) is 2.07. The summed E-state index contributed by atoms with van der Waals surface area (Å²) in [4.78, 5) is 10.1. The quantitative estimate of drug-likeness (QED) is 0.473. The Morgan fingerprint density at radius 2 is 2.00 bits per heavy atom. The molecule has 0 aromatic heterocycles. The molecule has 1 aromatic rings. The van der Waals surface area contributed by atoms with Gasteiger partial charge in [0.2, 0.25) is 0 Å². The number of aldehydes is 1. The van der Waals surface area contributed by atoms with Crippen LogP contribution >= 0.6 is 0 Å². The Kier molecular flexibility index (Phi) is 3.59. The average molecular weight is 158 g/mol. The Morgan fingerprint density at radius 3 is 2.55 bits per heavy atom. The largest absolute Gasteiger partial charge is 0.418 e. The van der Waals surface area contributed by atoms with E-state index in [0.29, 0.717) is 0 Å². The van der Waals surface area contributed by atoms with Crippen LogP contribution in [0.1, 0.15) is 5.56 Å². The molecule has 0 spiro atoms. The van der Waals surface area contributed by atoms with Crippen molar-refractivity contribution in [2.24, 2.45) is 0 Å². The van der Waals surface area contributed by atoms with Crippen LogP contribution in [0.4, 0.5) is 0 Å². The van der Waals surface area contributed by atoms with E-state index in [9.17, 15) is 4.79 Å². The molecule has 0 heterocycles. The molecule has 2 heteroatoms. The fourth-order valence-corrected chi connectivity index (χ4v) is 2.00. The zero-order chi connectivity index (χ0) is 8.10. The average Bonchev–Trinajstić information content (AvgIpc) is 2.04. The summed E-state index contributed by atoms with van der Waals surface area (Å²) in [5, 5.41) is 0. The highest BCUT2D eigenvalue weighted by molar-refractivity contribution is 6.56. The molecule has 0 aliphatic carbocycles. The maximum atomic E-state index is 10.1. The molecule has 54 valence electrons. The van der Waals surface area contributed by atoms with Crippen LogP contribution in [0.5, 0.6) is 0 Å². The molecular formula is C9H10MgO. The van der Waals surface area contributed by atoms with Crippen LogP contribution in [0.2, 0.25) is 4.55 Å². The third-order valence-corrected chi connectivity index (χ3v) is 3.24. The van der Waals surface area contributed by atoms with Crippen molar-refractivity contribution >= 4 is 30.3 Å². The lowest BCUT2D eigenvalue weighted by Gasteiger charge is -1.95. The predicted molar refractivity (Wildman–Crippen MR) is 47.4 cm³/mol. The molecule has 0 radical (unpaired) electrons. The predicted octanol–water partition coefficient (Wildman–Crippen LogP) is 0.942. The van der Waals surface area contributed by atoms with Crippen LogP contribution < -0.4 is 3.69 Å². The first kappa shape index (κ1) is 8.75. The van der Waals surface area contributed by atoms with Crippen molar-refractivity contribution in [3.8, 4) is 0 Å². The fraction of sp³-hybridized carbons (Fsp3) is 0.222. The Hall–Kier alpha value is -0.344. The van der Waals surface area contributed by atoms with Gasteiger partial charge < -0.3 is 4.79 Å². The normalized spacial score (nSPS) is 8.82. The molecule has 11 heavy (non-hydrogen) atoms. The monoisotopic (exact) mass is 158 g/mol. The van der Waals surface area contributed by atoms with E-state index in [1.165, 1.54) is 9.26 Å². The van der Waals surface area contributed by atoms with Gasteiger partial charge in [0.15, 0.2) is 0 Å². The van der Waals surface area contributed by atoms with Gasteiger partial charge in [0.25, 0.3) is 0 Å². The Balaban J connectivity index is 2.58. The first-order valence-corrected chi connectivity index (χ1v) is 5.53. The number of benzene rings is 1. The molecular weight excluding hydrogens is 148 g/mol. The summed E-state index contributed by atoms with van der Waals surface area (Å²) in [7, 11) is 0. The maximum absolute atomic E-state index is 10.1. The highest BCUT2D eigenvalue weighted by atomic mass is 24.5. The molecule has 0 fully saturated rings. The van der Waals surface area contributed by atoms with Crippen molar-refractivity contribution in [3.05, 3.63) is 29.8 Å². The van der Waals surface area contributed by atoms with E-state index in [1.807, 2.05) is 0 Å². The summed E-state index contributed by atoms with van der Waals surface area (Å²) >= 11 is -0.295. The summed E-state index contributed by atoms with van der Waals surface area (Å²) < 4.78 is 2.14. The van der Waals surface area contributed by atoms with Gasteiger partial charge in [0.05, 0.1) is 6.29 Å². The minimum atomic E-state index is -0.295. The molecule has 1 aromatic carbocycles. The van der Waals surface area contributed by atoms with E-state index in [1.54, 1.807) is 0 Å². The van der Waals surface area contributed by atoms with Gasteiger partial charge in [-0.3, -0.25) is 0 Å². The van der Waals surface area contributed by atoms with Crippen LogP contribution in [0.3, 0.4) is 0 Å². The fourth-order valence-electron chi connectivity index (χ4n) is 0.980. The standard InChI is InChI=1S/C7H7.C2H3O.Mg/c1-7-5-3-2-4-6-7;1-2-3;/h3-6H,1H3;2H,1H2;. The third kappa shape index (κ3) is 3.04. The second-order valence-electron chi connectivity index (χ2n) is 2.69. The molecule has 0 saturated heterocycles. The first-order valence-electron chi connectivity index (χ1n) is 3.82. The lowest BCUT2D eigenvalue weighted by atomic mass is 10.2. The van der Waals surface area contributed by atoms with E-state index < -0.39 is 0 Å². The zero-order valence-corrected chi connectivity index (χ0v) is 8.12. The van der Waals surface area contributed by atoms with Crippen molar-refractivity contribution in [3.63, 3.8) is 0 Å². The van der Waals surface area contributed by atoms with Crippen LogP contribution in [-0.4, -0.2) is 26.7 Å². The zero-order valence-electron chi connectivity index (χ0n) is 6.71. The minimum absolute atomic E-state index is 0.295. The summed E-state index contributed by atoms with van der Waals surface area (Å²) in [6, 6.07) is 8.47. The number of aryl methyl sites for hydroxylation is 1. The molecule has 0 saturated carbocycles. The van der Waals surface area contributed by atoms with E-state index in [2.05, 4.69) is 31.2 Å². The summed E-state index contributed by atoms with van der Waals surface area (Å²) in [6.07, 6.45) is 1.02. The minimum Gasteiger partial charge on any atom is -0.306 e. The van der Waals surface area contributed by atoms with E-state index in [0.717, 1.165) is 10.8 Å². The van der Waals surface area contributed by atoms with Crippen molar-refractivity contribution in [2.75, 3.05) is 0 Å². The van der Waals surface area contributed by atoms with E-state index >= 15 is 0 Å². The first-order chi connectivity index (χ1) is 5.33. The van der Waals surface area contributed by atoms with Crippen molar-refractivity contribution in [1.29, 1.82) is 0 Å². The van der Waals surface area contributed by atoms with Crippen molar-refractivity contribution in [1.82, 2.24) is 0 Å². The number of hydrogen-bond donors (Lipinski definition) is 0. The maximum Gasteiger partial charge on any atom is 0.418 e. The summed E-state index contributed by atoms with van der Waals surface area (Å²) in [5.41, 5.74) is 1.29. The van der Waals surface area contributed by atoms with Gasteiger partial charge >= 0.3 is 20.4 Å². The lowest BCUT2D eigenvalue weighted by molar-refractivity contribution is -0.106. The molecule has 0 N–H and O–H groups in total. The molecule has 0 atom stereocenters. The SMILES string of the molecule is Cc1cc[c]([Mg][CH2]C=O)cc1. The van der Waals surface area contributed by atoms with Crippen LogP contribution in [0.25, 0.3) is 0 Å². The van der Waals surface area contributed by atoms with Gasteiger partial charge in [0, 0.05) is 0 Å². The van der Waals surface area contributed by atoms with Gasteiger partial charge in [-0.05, 0) is 6.92 Å². The Bertz CT molecular complexity index is 228. The van der Waals surface area contributed by atoms with Crippen LogP contribution in [0, 0.1) is 6.92 Å². The second kappa shape index (κ2) is 4.52. The van der Waals surface area contributed by atoms with E-state index in [-0.39, 0.29) is 20.4 Å². The highest BCUT2D eigenvalue weighted by Crippen LogP contribution is 1.92. The van der Waals surface area contributed by atoms with Crippen LogP contribution in [0.15, 0.2) is 24.3 Å². The Labute approximate surface area is 76.5 Å². The Morgan fingerprint density at radius 1 is 1.36 bits per heavy atom. The van der Waals surface area contributed by atoms with Gasteiger partial charge in [-0.1, -0.05) is 34.4 Å². The highest BCUT2D eigenvalue weighted by Gasteiger charge is 1.96. The number of carbonyl (C=O) groups is 1. The second-order valence-corrected chi connectivity index (χ2v) is 4.58. The van der Waals surface area contributed by atoms with Crippen molar-refractivity contribution in [2.45, 2.75) is 11.5 Å². The number of carbonyl (C=O) groups excluding carboxylic acids is 1. The smallest absolute Gasteiger partial charge is 0.306 e. The van der Waals surface area contributed by atoms with Crippen molar-refractivity contribution < 1.29 is 4.79 Å². The third-order valence-electron chi connectivity index (χ3n) is 1.67. The van der Waals surface area contributed by atoms with E-state index in [4.69, 9.17) is 0 Å². The lowest BCUT2D eigenvalue weighted by Crippen LogP contribution is -2.12. The van der Waals surface area contributed by atoms with Gasteiger partial charge in [0.1, 0.15) is 0 Å². The number of rotatable bonds is 3. The van der Waals surface area contributed by atoms with Gasteiger partial charge in [-0.15, -0.1) is 0 Å². The van der Waals surface area contributed by atoms with Crippen LogP contribution in [-0.2, 0) is 4.79 Å². The summed E-state index contributed by atoms with van der Waals surface area (Å²) in [5.74, 6) is 0. The molecule has 1 nitrogen and oxygen atoms in total. The van der Waals surface area contributed by atoms with Gasteiger partial charge in [-0.25, -0.2) is 0 Å². The molecule has 0 amide bonds. The molecule has 0 unspecified atom stereocenters.